The van der Waals surface area contributed by atoms with E-state index in [2.05, 4.69) is 0 Å². The number of nitro groups is 1. The summed E-state index contributed by atoms with van der Waals surface area (Å²) >= 11 is 6.37. The van der Waals surface area contributed by atoms with Crippen LogP contribution in [0.5, 0.6) is 17.2 Å². The van der Waals surface area contributed by atoms with Crippen molar-refractivity contribution >= 4 is 46.3 Å². The molecule has 1 fully saturated rings. The lowest BCUT2D eigenvalue weighted by molar-refractivity contribution is -0.384. The fourth-order valence-electron chi connectivity index (χ4n) is 6.14. The minimum atomic E-state index is -1.12. The number of carbonyl (C=O) groups excluding carboxylic acids is 3. The molecule has 0 saturated carbocycles. The molecule has 3 aliphatic heterocycles. The summed E-state index contributed by atoms with van der Waals surface area (Å²) in [7, 11) is 0. The van der Waals surface area contributed by atoms with Gasteiger partial charge in [-0.05, 0) is 47.9 Å². The maximum atomic E-state index is 14.1. The normalized spacial score (nSPS) is 24.2. The van der Waals surface area contributed by atoms with E-state index in [1.807, 2.05) is 25.1 Å². The molecule has 11 heteroatoms. The molecule has 0 N–H and O–H groups in total. The Balaban J connectivity index is 1.42. The molecule has 3 aromatic carbocycles. The van der Waals surface area contributed by atoms with E-state index in [1.54, 1.807) is 24.3 Å². The van der Waals surface area contributed by atoms with E-state index in [9.17, 15) is 24.5 Å². The van der Waals surface area contributed by atoms with Crippen LogP contribution in [0.15, 0.2) is 60.7 Å². The molecule has 200 valence electrons. The van der Waals surface area contributed by atoms with Gasteiger partial charge >= 0.3 is 5.97 Å². The summed E-state index contributed by atoms with van der Waals surface area (Å²) in [5.74, 6) is -4.30. The van der Waals surface area contributed by atoms with Gasteiger partial charge in [0, 0.05) is 23.6 Å². The number of esters is 1. The van der Waals surface area contributed by atoms with Gasteiger partial charge in [-0.3, -0.25) is 24.5 Å². The number of fused-ring (bicyclic) bond motifs is 6. The number of hydrogen-bond acceptors (Lipinski definition) is 8. The Bertz CT molecular complexity index is 1720. The number of benzene rings is 3. The van der Waals surface area contributed by atoms with Crippen LogP contribution in [0.25, 0.3) is 5.57 Å². The smallest absolute Gasteiger partial charge is 0.319 e. The van der Waals surface area contributed by atoms with Gasteiger partial charge in [0.25, 0.3) is 5.69 Å². The first-order valence-corrected chi connectivity index (χ1v) is 12.9. The number of non-ortho nitro benzene ring substituents is 1. The van der Waals surface area contributed by atoms with Crippen molar-refractivity contribution in [3.63, 3.8) is 0 Å². The third-order valence-corrected chi connectivity index (χ3v) is 8.23. The lowest BCUT2D eigenvalue weighted by atomic mass is 9.64. The molecule has 0 spiro atoms. The minimum Gasteiger partial charge on any atom is -0.454 e. The van der Waals surface area contributed by atoms with Crippen molar-refractivity contribution in [2.45, 2.75) is 12.8 Å². The van der Waals surface area contributed by atoms with Crippen molar-refractivity contribution < 1.29 is 33.5 Å². The lowest BCUT2D eigenvalue weighted by Gasteiger charge is -2.38. The maximum absolute atomic E-state index is 14.1. The number of imide groups is 1. The van der Waals surface area contributed by atoms with E-state index in [0.717, 1.165) is 16.5 Å². The van der Waals surface area contributed by atoms with Crippen LogP contribution in [0.2, 0.25) is 5.02 Å². The van der Waals surface area contributed by atoms with E-state index >= 15 is 0 Å². The van der Waals surface area contributed by atoms with Crippen molar-refractivity contribution in [1.29, 1.82) is 0 Å². The number of nitrogens with zero attached hydrogens (tertiary/aromatic N) is 2. The Morgan fingerprint density at radius 1 is 0.925 bits per heavy atom. The van der Waals surface area contributed by atoms with Crippen LogP contribution in [0.4, 0.5) is 11.4 Å². The van der Waals surface area contributed by atoms with Gasteiger partial charge in [0.05, 0.1) is 33.4 Å². The zero-order chi connectivity index (χ0) is 27.9. The molecule has 4 atom stereocenters. The summed E-state index contributed by atoms with van der Waals surface area (Å²) in [6.07, 6.45) is 1.85. The number of nitro benzene ring substituents is 1. The van der Waals surface area contributed by atoms with E-state index in [-0.39, 0.29) is 23.2 Å². The summed E-state index contributed by atoms with van der Waals surface area (Å²) in [5.41, 5.74) is 2.39. The summed E-state index contributed by atoms with van der Waals surface area (Å²) in [5, 5.41) is 11.5. The van der Waals surface area contributed by atoms with Crippen LogP contribution in [-0.2, 0) is 14.4 Å². The SMILES string of the molecule is Cc1ccc2c(c1)OC(=O)[C@@H]1C2=C[C@H](c2ccc3c(c2)OCO3)[C@H]2C(=O)N(c3cc([N+](=O)[O-])ccc3Cl)C(=O)[C@H]12. The number of anilines is 1. The highest BCUT2D eigenvalue weighted by atomic mass is 35.5. The zero-order valence-electron chi connectivity index (χ0n) is 20.8. The van der Waals surface area contributed by atoms with Gasteiger partial charge in [-0.2, -0.15) is 0 Å². The van der Waals surface area contributed by atoms with Gasteiger partial charge in [-0.15, -0.1) is 0 Å². The van der Waals surface area contributed by atoms with Crippen molar-refractivity contribution in [2.75, 3.05) is 11.7 Å². The first-order chi connectivity index (χ1) is 19.2. The van der Waals surface area contributed by atoms with Crippen LogP contribution in [0, 0.1) is 34.8 Å². The lowest BCUT2D eigenvalue weighted by Crippen LogP contribution is -2.42. The van der Waals surface area contributed by atoms with Gasteiger partial charge in [0.15, 0.2) is 11.5 Å². The van der Waals surface area contributed by atoms with Gasteiger partial charge in [0.1, 0.15) is 5.75 Å². The number of amides is 2. The summed E-state index contributed by atoms with van der Waals surface area (Å²) in [6, 6.07) is 14.3. The molecule has 0 bridgehead atoms. The Labute approximate surface area is 231 Å². The highest BCUT2D eigenvalue weighted by molar-refractivity contribution is 6.36. The van der Waals surface area contributed by atoms with Crippen LogP contribution in [-0.4, -0.2) is 29.5 Å². The fraction of sp³-hybridized carbons (Fsp3) is 0.207. The molecule has 0 unspecified atom stereocenters. The molecular formula is C29H19ClN2O8. The molecule has 3 heterocycles. The first kappa shape index (κ1) is 24.3. The number of halogens is 1. The van der Waals surface area contributed by atoms with Crippen molar-refractivity contribution in [3.8, 4) is 17.2 Å². The molecular weight excluding hydrogens is 540 g/mol. The molecule has 0 aromatic heterocycles. The maximum Gasteiger partial charge on any atom is 0.319 e. The topological polar surface area (TPSA) is 125 Å². The molecule has 0 radical (unpaired) electrons. The molecule has 1 aliphatic carbocycles. The van der Waals surface area contributed by atoms with Crippen molar-refractivity contribution in [1.82, 2.24) is 0 Å². The molecule has 3 aromatic rings. The third-order valence-electron chi connectivity index (χ3n) is 7.91. The van der Waals surface area contributed by atoms with Gasteiger partial charge in [0.2, 0.25) is 18.6 Å². The Kier molecular flexibility index (Phi) is 5.27. The highest BCUT2D eigenvalue weighted by Crippen LogP contribution is 2.55. The largest absolute Gasteiger partial charge is 0.454 e. The highest BCUT2D eigenvalue weighted by Gasteiger charge is 2.60. The summed E-state index contributed by atoms with van der Waals surface area (Å²) in [4.78, 5) is 53.4. The number of carbonyl (C=O) groups is 3. The number of rotatable bonds is 3. The molecule has 7 rings (SSSR count). The standard InChI is InChI=1S/C29H19ClN2O8/c1-13-2-5-16-18-11-17(14-3-7-21-23(9-14)39-12-38-21)24-26(25(18)29(35)40-22(16)8-13)28(34)31(27(24)33)20-10-15(32(36)37)4-6-19(20)30/h2-11,17,24-26H,12H2,1H3/t17-,24-,25-,26+/m1/s1. The van der Waals surface area contributed by atoms with Crippen LogP contribution in [0.3, 0.4) is 0 Å². The first-order valence-electron chi connectivity index (χ1n) is 12.5. The fourth-order valence-corrected chi connectivity index (χ4v) is 6.34. The van der Waals surface area contributed by atoms with Gasteiger partial charge in [-0.1, -0.05) is 35.9 Å². The van der Waals surface area contributed by atoms with E-state index < -0.39 is 46.4 Å². The van der Waals surface area contributed by atoms with Gasteiger partial charge < -0.3 is 14.2 Å². The number of ether oxygens (including phenoxy) is 3. The zero-order valence-corrected chi connectivity index (χ0v) is 21.6. The average Bonchev–Trinajstić information content (AvgIpc) is 3.50. The molecule has 10 nitrogen and oxygen atoms in total. The van der Waals surface area contributed by atoms with Crippen molar-refractivity contribution in [2.24, 2.45) is 17.8 Å². The number of allylic oxidation sites excluding steroid dienone is 1. The Morgan fingerprint density at radius 3 is 2.50 bits per heavy atom. The monoisotopic (exact) mass is 558 g/mol. The summed E-state index contributed by atoms with van der Waals surface area (Å²) < 4.78 is 16.7. The summed E-state index contributed by atoms with van der Waals surface area (Å²) in [6.45, 7) is 1.94. The quantitative estimate of drug-likeness (QED) is 0.147. The molecule has 2 amide bonds. The number of hydrogen-bond donors (Lipinski definition) is 0. The molecule has 40 heavy (non-hydrogen) atoms. The predicted molar refractivity (Wildman–Crippen MR) is 141 cm³/mol. The van der Waals surface area contributed by atoms with Crippen LogP contribution in [0.1, 0.15) is 22.6 Å². The third kappa shape index (κ3) is 3.45. The minimum absolute atomic E-state index is 0.00852. The average molecular weight is 559 g/mol. The Hall–Kier alpha value is -4.70. The van der Waals surface area contributed by atoms with Crippen LogP contribution < -0.4 is 19.1 Å². The molecule has 4 aliphatic rings. The predicted octanol–water partition coefficient (Wildman–Crippen LogP) is 4.81. The Morgan fingerprint density at radius 2 is 1.70 bits per heavy atom. The van der Waals surface area contributed by atoms with E-state index in [0.29, 0.717) is 33.9 Å². The van der Waals surface area contributed by atoms with Crippen molar-refractivity contribution in [3.05, 3.63) is 92.5 Å². The van der Waals surface area contributed by atoms with Crippen LogP contribution >= 0.6 is 11.6 Å². The second kappa shape index (κ2) is 8.65. The number of aryl methyl sites for hydroxylation is 1. The molecule has 1 saturated heterocycles. The van der Waals surface area contributed by atoms with Gasteiger partial charge in [-0.25, -0.2) is 4.90 Å². The van der Waals surface area contributed by atoms with E-state index in [4.69, 9.17) is 25.8 Å². The second-order valence-electron chi connectivity index (χ2n) is 10.1. The van der Waals surface area contributed by atoms with E-state index in [1.165, 1.54) is 12.1 Å². The second-order valence-corrected chi connectivity index (χ2v) is 10.5.